The second kappa shape index (κ2) is 21.5. The summed E-state index contributed by atoms with van der Waals surface area (Å²) in [5.74, 6) is 0. The Morgan fingerprint density at radius 1 is 0.307 bits per heavy atom. The third-order valence-electron chi connectivity index (χ3n) is 21.8. The molecule has 36 nitrogen and oxygen atoms in total. The predicted octanol–water partition coefficient (Wildman–Crippen LogP) is 5.94. The van der Waals surface area contributed by atoms with Gasteiger partial charge in [-0.2, -0.15) is 8.42 Å². The Labute approximate surface area is 628 Å². The van der Waals surface area contributed by atoms with Crippen molar-refractivity contribution in [3.8, 4) is 0 Å². The van der Waals surface area contributed by atoms with Gasteiger partial charge in [0.05, 0.1) is 112 Å². The highest BCUT2D eigenvalue weighted by Gasteiger charge is 2.46. The lowest BCUT2D eigenvalue weighted by Gasteiger charge is -2.16. The van der Waals surface area contributed by atoms with Crippen LogP contribution in [0.15, 0.2) is 194 Å². The SMILES string of the molecule is O=c1c2c3c4c(c(=O)c5c(=O)n6c7cc(SOOO)ccc7nc6c6cc(=O)c(c7c(=O)cc8c(c1c(=O)n1c9cc(SOOO)ccc9nc81)c37)c4c56)S2(=O)=O.O=c1c2c3c4c(c(=O)c5c6c(cc(=O)c(c7c(=O)cc8c(c1c(=O)n1c9cc(S(=O)(=O)O)ccc9nc81)c37)c46)c(=O)n1c3cc(SOOO)ccc3nc51)S2(=O)=O. The minimum atomic E-state index is -5.17. The van der Waals surface area contributed by atoms with Crippen molar-refractivity contribution in [3.05, 3.63) is 220 Å². The molecule has 0 saturated heterocycles. The largest absolute Gasteiger partial charge is 0.294 e. The van der Waals surface area contributed by atoms with Crippen LogP contribution in [0, 0.1) is 0 Å². The van der Waals surface area contributed by atoms with Gasteiger partial charge in [-0.05, 0) is 97.1 Å². The highest BCUT2D eigenvalue weighted by atomic mass is 32.2. The zero-order chi connectivity index (χ0) is 78.6. The van der Waals surface area contributed by atoms with Gasteiger partial charge in [0.15, 0.2) is 27.4 Å². The van der Waals surface area contributed by atoms with Crippen LogP contribution in [0.4, 0.5) is 0 Å². The van der Waals surface area contributed by atoms with Gasteiger partial charge in [-0.1, -0.05) is 15.1 Å². The number of aromatic nitrogens is 8. The number of imidazole rings is 4. The first-order valence-corrected chi connectivity index (χ1v) is 39.2. The molecule has 2 aliphatic heterocycles. The molecule has 0 fully saturated rings. The van der Waals surface area contributed by atoms with Crippen molar-refractivity contribution in [1.29, 1.82) is 0 Å². The number of benzene rings is 14. The van der Waals surface area contributed by atoms with Crippen LogP contribution in [-0.2, 0) is 57.9 Å². The second-order valence-corrected chi connectivity index (χ2v) is 34.3. The van der Waals surface area contributed by atoms with E-state index in [2.05, 4.69) is 48.1 Å². The molecule has 0 bridgehead atoms. The molecule has 0 aliphatic carbocycles. The summed E-state index contributed by atoms with van der Waals surface area (Å²) in [5, 5.41) is 29.9. The lowest BCUT2D eigenvalue weighted by atomic mass is 9.85. The molecule has 14 aromatic carbocycles. The summed E-state index contributed by atoms with van der Waals surface area (Å²) in [6, 6.07) is 20.6. The molecule has 22 aromatic rings. The van der Waals surface area contributed by atoms with Crippen molar-refractivity contribution in [2.45, 2.75) is 39.2 Å². The van der Waals surface area contributed by atoms with Crippen molar-refractivity contribution >= 4 is 262 Å². The van der Waals surface area contributed by atoms with E-state index in [4.69, 9.17) is 15.8 Å². The number of fused-ring (bicyclic) bond motifs is 18. The molecule has 552 valence electrons. The number of rotatable bonds is 10. The molecule has 0 spiro atoms. The zero-order valence-electron chi connectivity index (χ0n) is 54.9. The fourth-order valence-corrected chi connectivity index (χ4v) is 23.2. The summed E-state index contributed by atoms with van der Waals surface area (Å²) in [5.41, 5.74) is -12.1. The van der Waals surface area contributed by atoms with Crippen molar-refractivity contribution < 1.29 is 73.7 Å². The molecule has 4 N–H and O–H groups in total. The smallest absolute Gasteiger partial charge is 0.289 e. The lowest BCUT2D eigenvalue weighted by molar-refractivity contribution is -0.432. The summed E-state index contributed by atoms with van der Waals surface area (Å²) in [6.45, 7) is 0. The van der Waals surface area contributed by atoms with Gasteiger partial charge in [0.25, 0.3) is 32.4 Å². The Bertz CT molecular complexity index is 9530. The summed E-state index contributed by atoms with van der Waals surface area (Å²) in [6.07, 6.45) is 0. The molecule has 0 saturated carbocycles. The molecule has 114 heavy (non-hydrogen) atoms. The minimum absolute atomic E-state index is 0.000618. The summed E-state index contributed by atoms with van der Waals surface area (Å²) >= 11 is 1.72. The topological polar surface area (TPSA) is 513 Å². The van der Waals surface area contributed by atoms with Crippen LogP contribution in [0.2, 0.25) is 0 Å². The lowest BCUT2D eigenvalue weighted by Crippen LogP contribution is -2.26. The maximum absolute atomic E-state index is 14.8. The van der Waals surface area contributed by atoms with Crippen LogP contribution in [0.25, 0.3) is 196 Å². The highest BCUT2D eigenvalue weighted by molar-refractivity contribution is 7.95. The first kappa shape index (κ1) is 66.9. The van der Waals surface area contributed by atoms with Gasteiger partial charge in [-0.25, -0.2) is 52.5 Å². The molecule has 24 rings (SSSR count). The first-order chi connectivity index (χ1) is 54.6. The quantitative estimate of drug-likeness (QED) is 0.0307. The van der Waals surface area contributed by atoms with Crippen LogP contribution >= 0.6 is 36.1 Å². The Morgan fingerprint density at radius 2 is 0.588 bits per heavy atom. The summed E-state index contributed by atoms with van der Waals surface area (Å²) < 4.78 is 110. The van der Waals surface area contributed by atoms with Gasteiger partial charge in [-0.3, -0.25) is 79.7 Å². The molecule has 10 heterocycles. The van der Waals surface area contributed by atoms with Crippen LogP contribution in [0.1, 0.15) is 0 Å². The number of sulfone groups is 2. The van der Waals surface area contributed by atoms with Crippen molar-refractivity contribution in [1.82, 2.24) is 37.5 Å². The van der Waals surface area contributed by atoms with Gasteiger partial charge in [0, 0.05) is 117 Å². The van der Waals surface area contributed by atoms with E-state index in [1.54, 1.807) is 0 Å². The van der Waals surface area contributed by atoms with E-state index in [1.165, 1.54) is 60.7 Å². The third-order valence-corrected chi connectivity index (χ3v) is 28.1. The maximum Gasteiger partial charge on any atom is 0.294 e. The predicted molar refractivity (Wildman–Crippen MR) is 408 cm³/mol. The zero-order valence-corrected chi connectivity index (χ0v) is 59.8. The van der Waals surface area contributed by atoms with Crippen molar-refractivity contribution in [2.75, 3.05) is 0 Å². The van der Waals surface area contributed by atoms with E-state index in [-0.39, 0.29) is 174 Å². The molecule has 8 aromatic heterocycles. The highest BCUT2D eigenvalue weighted by Crippen LogP contribution is 2.53. The standard InChI is InChI=1S/2C36H10N4O14S3/c41-17-7-11-19-23-21(17)22-18(42)8-12-20-24(22)26-25(23)32(30(44)28(19)36(46)39-16-6-10(57(50,51)52)2-4-14(16)37-33(11)39)56(48,49)31(26)29(43)27(20)34-38-13-3-1-9(55-54-53-47)5-15(13)40(34)35(12)45;41-17-7-11-19-23-21(17)22-18(42)8-12-20-24(22)26-25(23)31(29(43)27(19)35(45)39-15-5-9(55-53-51-47)1-3-13(15)37-33(11)39)57(49,50)32(26)30(44)28(20)36(46)40-16-6-10(56-54-52-48)2-4-14(16)38-34(12)40/h1-8,47H,(H,50,51,52);1-8,47-48H. The Morgan fingerprint density at radius 3 is 0.912 bits per heavy atom. The van der Waals surface area contributed by atoms with E-state index in [9.17, 15) is 87.3 Å². The molecule has 0 atom stereocenters. The average molecular weight is 1640 g/mol. The molecule has 0 unspecified atom stereocenters. The molecule has 42 heteroatoms. The number of hydrogen-bond acceptors (Lipinski definition) is 34. The normalized spacial score (nSPS) is 14.4. The Kier molecular flexibility index (Phi) is 12.6. The van der Waals surface area contributed by atoms with Gasteiger partial charge in [-0.15, -0.1) is 13.0 Å². The van der Waals surface area contributed by atoms with Crippen molar-refractivity contribution in [3.63, 3.8) is 0 Å². The molecule has 0 radical (unpaired) electrons. The second-order valence-electron chi connectivity index (χ2n) is 26.9. The molecule has 2 aliphatic rings. The average Bonchev–Trinajstić information content (AvgIpc) is 1.44. The monoisotopic (exact) mass is 1640 g/mol. The van der Waals surface area contributed by atoms with E-state index < -0.39 is 141 Å². The van der Waals surface area contributed by atoms with E-state index >= 15 is 0 Å². The molecule has 0 amide bonds. The van der Waals surface area contributed by atoms with Gasteiger partial charge in [0.2, 0.25) is 41.4 Å². The summed E-state index contributed by atoms with van der Waals surface area (Å²) in [7, 11) is -15.1. The Balaban J connectivity index is 0.000000135. The number of nitrogens with zero attached hydrogens (tertiary/aromatic N) is 8. The van der Waals surface area contributed by atoms with Crippen LogP contribution in [0.3, 0.4) is 0 Å². The molecular weight excluding hydrogens is 1620 g/mol. The fraction of sp³-hybridized carbons (Fsp3) is 0. The third kappa shape index (κ3) is 7.66. The van der Waals surface area contributed by atoms with Crippen LogP contribution in [-0.4, -0.2) is 83.1 Å². The number of pyridine rings is 4. The van der Waals surface area contributed by atoms with Crippen molar-refractivity contribution in [2.24, 2.45) is 0 Å². The van der Waals surface area contributed by atoms with Crippen LogP contribution < -0.4 is 65.7 Å². The Hall–Kier alpha value is -12.9. The maximum atomic E-state index is 14.8. The fourth-order valence-electron chi connectivity index (χ4n) is 17.9. The first-order valence-electron chi connectivity index (χ1n) is 32.5. The van der Waals surface area contributed by atoms with E-state index in [0.717, 1.165) is 54.0 Å². The van der Waals surface area contributed by atoms with Gasteiger partial charge < -0.3 is 0 Å². The van der Waals surface area contributed by atoms with E-state index in [1.807, 2.05) is 0 Å². The van der Waals surface area contributed by atoms with E-state index in [0.29, 0.717) is 50.8 Å². The van der Waals surface area contributed by atoms with Gasteiger partial charge >= 0.3 is 0 Å². The van der Waals surface area contributed by atoms with Gasteiger partial charge in [0.1, 0.15) is 36.5 Å². The number of hydrogen-bond donors (Lipinski definition) is 4. The van der Waals surface area contributed by atoms with Crippen LogP contribution in [0.5, 0.6) is 0 Å². The molecular formula is C72H20N8O28S6. The summed E-state index contributed by atoms with van der Waals surface area (Å²) in [4.78, 5) is 189. The minimum Gasteiger partial charge on any atom is -0.289 e.